The molecule has 0 saturated carbocycles. The number of benzene rings is 2. The van der Waals surface area contributed by atoms with Crippen molar-refractivity contribution < 1.29 is 9.59 Å². The Balaban J connectivity index is 2.04. The summed E-state index contributed by atoms with van der Waals surface area (Å²) in [5, 5.41) is 3.27. The van der Waals surface area contributed by atoms with Crippen molar-refractivity contribution in [2.24, 2.45) is 0 Å². The van der Waals surface area contributed by atoms with Crippen molar-refractivity contribution in [3.05, 3.63) is 70.2 Å². The zero-order chi connectivity index (χ0) is 19.8. The second-order valence-corrected chi connectivity index (χ2v) is 7.78. The number of nitrogens with one attached hydrogen (secondary N) is 1. The third-order valence-electron chi connectivity index (χ3n) is 4.42. The molecule has 0 fully saturated rings. The molecule has 144 valence electrons. The summed E-state index contributed by atoms with van der Waals surface area (Å²) < 4.78 is 0. The molecule has 0 unspecified atom stereocenters. The van der Waals surface area contributed by atoms with E-state index >= 15 is 0 Å². The molecule has 2 rings (SSSR count). The Morgan fingerprint density at radius 1 is 1.15 bits per heavy atom. The van der Waals surface area contributed by atoms with Crippen molar-refractivity contribution in [1.82, 2.24) is 10.2 Å². The van der Waals surface area contributed by atoms with Crippen molar-refractivity contribution in [3.63, 3.8) is 0 Å². The van der Waals surface area contributed by atoms with Gasteiger partial charge in [0.2, 0.25) is 11.8 Å². The highest BCUT2D eigenvalue weighted by atomic mass is 35.5. The van der Waals surface area contributed by atoms with Crippen LogP contribution < -0.4 is 5.32 Å². The Morgan fingerprint density at radius 2 is 1.81 bits per heavy atom. The smallest absolute Gasteiger partial charge is 0.242 e. The van der Waals surface area contributed by atoms with Gasteiger partial charge in [-0.15, -0.1) is 11.8 Å². The van der Waals surface area contributed by atoms with Crippen LogP contribution in [0.15, 0.2) is 48.5 Å². The molecule has 0 heterocycles. The van der Waals surface area contributed by atoms with Crippen LogP contribution in [0, 0.1) is 6.92 Å². The van der Waals surface area contributed by atoms with E-state index in [4.69, 9.17) is 11.6 Å². The fourth-order valence-corrected chi connectivity index (χ4v) is 3.79. The molecular formula is C21H25ClN2O2S. The molecule has 1 atom stereocenters. The second kappa shape index (κ2) is 10.4. The standard InChI is InChI=1S/C21H25ClN2O2S/c1-15-6-4-5-7-18(15)13-27-14-20(25)24(16(2)21(26)23-3)12-17-8-10-19(22)11-9-17/h4-11,16H,12-14H2,1-3H3,(H,23,26)/t16-/m0/s1. The normalized spacial score (nSPS) is 11.7. The number of hydrogen-bond donors (Lipinski definition) is 1. The molecule has 4 nitrogen and oxygen atoms in total. The summed E-state index contributed by atoms with van der Waals surface area (Å²) in [6.45, 7) is 4.19. The first-order valence-electron chi connectivity index (χ1n) is 8.80. The second-order valence-electron chi connectivity index (χ2n) is 6.36. The van der Waals surface area contributed by atoms with Gasteiger partial charge in [0.1, 0.15) is 6.04 Å². The van der Waals surface area contributed by atoms with Gasteiger partial charge in [0.15, 0.2) is 0 Å². The highest BCUT2D eigenvalue weighted by molar-refractivity contribution is 7.99. The summed E-state index contributed by atoms with van der Waals surface area (Å²) in [5.41, 5.74) is 3.38. The Bertz CT molecular complexity index is 780. The quantitative estimate of drug-likeness (QED) is 0.722. The average molecular weight is 405 g/mol. The van der Waals surface area contributed by atoms with E-state index in [0.29, 0.717) is 17.3 Å². The average Bonchev–Trinajstić information content (AvgIpc) is 2.67. The Morgan fingerprint density at radius 3 is 2.44 bits per heavy atom. The van der Waals surface area contributed by atoms with E-state index < -0.39 is 6.04 Å². The molecule has 0 aliphatic heterocycles. The fourth-order valence-electron chi connectivity index (χ4n) is 2.68. The van der Waals surface area contributed by atoms with Crippen molar-refractivity contribution in [2.45, 2.75) is 32.2 Å². The number of rotatable bonds is 8. The number of nitrogens with zero attached hydrogens (tertiary/aromatic N) is 1. The largest absolute Gasteiger partial charge is 0.357 e. The first-order valence-corrected chi connectivity index (χ1v) is 10.3. The number of likely N-dealkylation sites (N-methyl/N-ethyl adjacent to an activating group) is 1. The maximum absolute atomic E-state index is 12.9. The maximum atomic E-state index is 12.9. The first kappa shape index (κ1) is 21.3. The number of aryl methyl sites for hydroxylation is 1. The van der Waals surface area contributed by atoms with Crippen molar-refractivity contribution >= 4 is 35.2 Å². The molecule has 6 heteroatoms. The highest BCUT2D eigenvalue weighted by Crippen LogP contribution is 2.18. The predicted molar refractivity (Wildman–Crippen MR) is 113 cm³/mol. The molecule has 27 heavy (non-hydrogen) atoms. The van der Waals surface area contributed by atoms with Gasteiger partial charge in [-0.25, -0.2) is 0 Å². The van der Waals surface area contributed by atoms with Crippen LogP contribution >= 0.6 is 23.4 Å². The lowest BCUT2D eigenvalue weighted by molar-refractivity contribution is -0.138. The lowest BCUT2D eigenvalue weighted by Gasteiger charge is -2.28. The van der Waals surface area contributed by atoms with E-state index in [2.05, 4.69) is 24.4 Å². The summed E-state index contributed by atoms with van der Waals surface area (Å²) in [6.07, 6.45) is 0. The molecule has 2 aromatic carbocycles. The first-order chi connectivity index (χ1) is 12.9. The van der Waals surface area contributed by atoms with Crippen LogP contribution in [0.1, 0.15) is 23.6 Å². The van der Waals surface area contributed by atoms with E-state index in [1.807, 2.05) is 24.3 Å². The molecule has 0 aliphatic rings. The van der Waals surface area contributed by atoms with E-state index in [9.17, 15) is 9.59 Å². The lowest BCUT2D eigenvalue weighted by Crippen LogP contribution is -2.47. The number of hydrogen-bond acceptors (Lipinski definition) is 3. The zero-order valence-electron chi connectivity index (χ0n) is 15.9. The number of halogens is 1. The Hall–Kier alpha value is -1.98. The van der Waals surface area contributed by atoms with Crippen molar-refractivity contribution in [3.8, 4) is 0 Å². The summed E-state index contributed by atoms with van der Waals surface area (Å²) in [7, 11) is 1.58. The highest BCUT2D eigenvalue weighted by Gasteiger charge is 2.25. The van der Waals surface area contributed by atoms with Gasteiger partial charge < -0.3 is 10.2 Å². The minimum Gasteiger partial charge on any atom is -0.357 e. The minimum atomic E-state index is -0.544. The van der Waals surface area contributed by atoms with Gasteiger partial charge in [0.25, 0.3) is 0 Å². The number of thioether (sulfide) groups is 1. The van der Waals surface area contributed by atoms with Crippen LogP contribution in [0.3, 0.4) is 0 Å². The lowest BCUT2D eigenvalue weighted by atomic mass is 10.1. The topological polar surface area (TPSA) is 49.4 Å². The molecule has 1 N–H and O–H groups in total. The summed E-state index contributed by atoms with van der Waals surface area (Å²) in [6, 6.07) is 14.9. The Kier molecular flexibility index (Phi) is 8.20. The molecular weight excluding hydrogens is 380 g/mol. The number of carbonyl (C=O) groups excluding carboxylic acids is 2. The third-order valence-corrected chi connectivity index (χ3v) is 5.64. The molecule has 0 bridgehead atoms. The zero-order valence-corrected chi connectivity index (χ0v) is 17.4. The van der Waals surface area contributed by atoms with Gasteiger partial charge >= 0.3 is 0 Å². The minimum absolute atomic E-state index is 0.0559. The van der Waals surface area contributed by atoms with E-state index in [-0.39, 0.29) is 11.8 Å². The van der Waals surface area contributed by atoms with E-state index in [1.54, 1.807) is 42.8 Å². The number of carbonyl (C=O) groups is 2. The number of amides is 2. The monoisotopic (exact) mass is 404 g/mol. The molecule has 0 aromatic heterocycles. The summed E-state index contributed by atoms with van der Waals surface area (Å²) in [5.74, 6) is 0.853. The molecule has 2 amide bonds. The van der Waals surface area contributed by atoms with Crippen LogP contribution in [0.4, 0.5) is 0 Å². The third kappa shape index (κ3) is 6.29. The maximum Gasteiger partial charge on any atom is 0.242 e. The van der Waals surface area contributed by atoms with Gasteiger partial charge in [-0.3, -0.25) is 9.59 Å². The summed E-state index contributed by atoms with van der Waals surface area (Å²) >= 11 is 7.50. The SMILES string of the molecule is CNC(=O)[C@H](C)N(Cc1ccc(Cl)cc1)C(=O)CSCc1ccccc1C. The van der Waals surface area contributed by atoms with Gasteiger partial charge in [0, 0.05) is 24.4 Å². The van der Waals surface area contributed by atoms with Crippen LogP contribution in [0.2, 0.25) is 5.02 Å². The van der Waals surface area contributed by atoms with Crippen LogP contribution in [0.25, 0.3) is 0 Å². The molecule has 0 aliphatic carbocycles. The molecule has 0 spiro atoms. The molecule has 0 radical (unpaired) electrons. The van der Waals surface area contributed by atoms with Crippen LogP contribution in [-0.4, -0.2) is 35.6 Å². The fraction of sp³-hybridized carbons (Fsp3) is 0.333. The van der Waals surface area contributed by atoms with Gasteiger partial charge in [-0.2, -0.15) is 0 Å². The van der Waals surface area contributed by atoms with Crippen molar-refractivity contribution in [2.75, 3.05) is 12.8 Å². The van der Waals surface area contributed by atoms with Gasteiger partial charge in [0.05, 0.1) is 5.75 Å². The van der Waals surface area contributed by atoms with Crippen LogP contribution in [0.5, 0.6) is 0 Å². The molecule has 2 aromatic rings. The van der Waals surface area contributed by atoms with Crippen LogP contribution in [-0.2, 0) is 21.9 Å². The molecule has 0 saturated heterocycles. The Labute approximate surface area is 170 Å². The summed E-state index contributed by atoms with van der Waals surface area (Å²) in [4.78, 5) is 26.6. The van der Waals surface area contributed by atoms with Gasteiger partial charge in [-0.1, -0.05) is 48.0 Å². The van der Waals surface area contributed by atoms with Crippen molar-refractivity contribution in [1.29, 1.82) is 0 Å². The van der Waals surface area contributed by atoms with Gasteiger partial charge in [-0.05, 0) is 42.7 Å². The van der Waals surface area contributed by atoms with E-state index in [0.717, 1.165) is 11.3 Å². The predicted octanol–water partition coefficient (Wildman–Crippen LogP) is 4.04. The van der Waals surface area contributed by atoms with E-state index in [1.165, 1.54) is 11.1 Å².